The van der Waals surface area contributed by atoms with Crippen LogP contribution in [-0.2, 0) is 0 Å². The second-order valence-electron chi connectivity index (χ2n) is 4.65. The smallest absolute Gasteiger partial charge is 0.234 e. The van der Waals surface area contributed by atoms with Gasteiger partial charge in [0, 0.05) is 0 Å². The van der Waals surface area contributed by atoms with Crippen LogP contribution in [0.4, 0.5) is 0 Å². The van der Waals surface area contributed by atoms with Crippen molar-refractivity contribution in [1.29, 1.82) is 0 Å². The average molecular weight is 325 g/mol. The Morgan fingerprint density at radius 3 is 2.12 bits per heavy atom. The highest BCUT2D eigenvalue weighted by Crippen LogP contribution is 2.11. The number of methoxy groups -OCH3 is 2. The van der Waals surface area contributed by atoms with Crippen molar-refractivity contribution in [2.75, 3.05) is 14.2 Å². The molecule has 0 aliphatic rings. The molecule has 0 atom stereocenters. The molecule has 7 heteroatoms. The van der Waals surface area contributed by atoms with E-state index in [1.54, 1.807) is 26.6 Å². The molecule has 0 saturated carbocycles. The zero-order valence-corrected chi connectivity index (χ0v) is 13.5. The zero-order valence-electron chi connectivity index (χ0n) is 13.5. The number of nitrogens with two attached hydrogens (primary N) is 1. The first kappa shape index (κ1) is 17.0. The van der Waals surface area contributed by atoms with Gasteiger partial charge in [0.05, 0.1) is 26.6 Å². The van der Waals surface area contributed by atoms with Crippen LogP contribution in [0.1, 0.15) is 11.1 Å². The monoisotopic (exact) mass is 325 g/mol. The Kier molecular flexibility index (Phi) is 6.34. The van der Waals surface area contributed by atoms with Crippen molar-refractivity contribution in [3.63, 3.8) is 0 Å². The van der Waals surface area contributed by atoms with E-state index in [-0.39, 0.29) is 5.96 Å². The van der Waals surface area contributed by atoms with Crippen molar-refractivity contribution in [1.82, 2.24) is 5.43 Å². The van der Waals surface area contributed by atoms with Gasteiger partial charge in [-0.1, -0.05) is 24.3 Å². The van der Waals surface area contributed by atoms with E-state index in [0.29, 0.717) is 0 Å². The van der Waals surface area contributed by atoms with Crippen molar-refractivity contribution in [2.45, 2.75) is 0 Å². The van der Waals surface area contributed by atoms with Gasteiger partial charge < -0.3 is 15.2 Å². The van der Waals surface area contributed by atoms with Crippen LogP contribution in [-0.4, -0.2) is 32.6 Å². The van der Waals surface area contributed by atoms with Crippen molar-refractivity contribution >= 4 is 18.4 Å². The Morgan fingerprint density at radius 2 is 1.54 bits per heavy atom. The van der Waals surface area contributed by atoms with Gasteiger partial charge in [0.1, 0.15) is 11.5 Å². The minimum absolute atomic E-state index is 0.0771. The SMILES string of the molecule is COc1cccc(C=NN=C(N)NN=Cc2cccc(OC)c2)c1. The third-order valence-corrected chi connectivity index (χ3v) is 2.95. The lowest BCUT2D eigenvalue weighted by atomic mass is 10.2. The van der Waals surface area contributed by atoms with Crippen molar-refractivity contribution < 1.29 is 9.47 Å². The molecule has 0 bridgehead atoms. The Labute approximate surface area is 140 Å². The Morgan fingerprint density at radius 1 is 0.958 bits per heavy atom. The summed E-state index contributed by atoms with van der Waals surface area (Å²) in [6.45, 7) is 0. The fourth-order valence-corrected chi connectivity index (χ4v) is 1.80. The summed E-state index contributed by atoms with van der Waals surface area (Å²) in [5.74, 6) is 1.58. The lowest BCUT2D eigenvalue weighted by Gasteiger charge is -2.00. The van der Waals surface area contributed by atoms with E-state index in [2.05, 4.69) is 20.7 Å². The lowest BCUT2D eigenvalue weighted by Crippen LogP contribution is -2.26. The van der Waals surface area contributed by atoms with E-state index in [1.807, 2.05) is 48.5 Å². The molecule has 0 spiro atoms. The van der Waals surface area contributed by atoms with Gasteiger partial charge in [-0.05, 0) is 35.4 Å². The first-order valence-electron chi connectivity index (χ1n) is 7.15. The molecule has 0 heterocycles. The standard InChI is InChI=1S/C17H19N5O2/c1-23-15-7-3-5-13(9-15)11-19-21-17(18)22-20-12-14-6-4-8-16(10-14)24-2/h3-12H,1-2H3,(H3,18,21,22). The summed E-state index contributed by atoms with van der Waals surface area (Å²) < 4.78 is 10.3. The summed E-state index contributed by atoms with van der Waals surface area (Å²) in [5, 5.41) is 11.7. The molecule has 2 aromatic rings. The molecule has 2 rings (SSSR count). The molecule has 0 unspecified atom stereocenters. The van der Waals surface area contributed by atoms with Crippen molar-refractivity contribution in [3.05, 3.63) is 59.7 Å². The van der Waals surface area contributed by atoms with Crippen molar-refractivity contribution in [2.24, 2.45) is 21.0 Å². The zero-order chi connectivity index (χ0) is 17.2. The third-order valence-electron chi connectivity index (χ3n) is 2.95. The highest BCUT2D eigenvalue weighted by Gasteiger charge is 1.93. The number of hydrogen-bond acceptors (Lipinski definition) is 5. The van der Waals surface area contributed by atoms with Gasteiger partial charge in [0.15, 0.2) is 0 Å². The van der Waals surface area contributed by atoms with Gasteiger partial charge >= 0.3 is 0 Å². The normalized spacial score (nSPS) is 11.8. The second-order valence-corrected chi connectivity index (χ2v) is 4.65. The summed E-state index contributed by atoms with van der Waals surface area (Å²) in [5.41, 5.74) is 9.99. The highest BCUT2D eigenvalue weighted by molar-refractivity contribution is 5.84. The molecule has 124 valence electrons. The van der Waals surface area contributed by atoms with Gasteiger partial charge in [-0.15, -0.1) is 5.10 Å². The summed E-state index contributed by atoms with van der Waals surface area (Å²) in [6, 6.07) is 14.9. The molecule has 0 saturated heterocycles. The Balaban J connectivity index is 1.91. The fourth-order valence-electron chi connectivity index (χ4n) is 1.80. The van der Waals surface area contributed by atoms with E-state index in [0.717, 1.165) is 22.6 Å². The van der Waals surface area contributed by atoms with Crippen LogP contribution in [0.25, 0.3) is 0 Å². The fraction of sp³-hybridized carbons (Fsp3) is 0.118. The Hall–Kier alpha value is -3.35. The summed E-state index contributed by atoms with van der Waals surface area (Å²) >= 11 is 0. The summed E-state index contributed by atoms with van der Waals surface area (Å²) in [7, 11) is 3.22. The topological polar surface area (TPSA) is 93.6 Å². The predicted octanol–water partition coefficient (Wildman–Crippen LogP) is 1.98. The van der Waals surface area contributed by atoms with E-state index >= 15 is 0 Å². The van der Waals surface area contributed by atoms with Gasteiger partial charge in [-0.25, -0.2) is 5.43 Å². The maximum atomic E-state index is 5.68. The van der Waals surface area contributed by atoms with E-state index in [1.165, 1.54) is 0 Å². The van der Waals surface area contributed by atoms with Crippen LogP contribution >= 0.6 is 0 Å². The number of ether oxygens (including phenoxy) is 2. The molecule has 2 aromatic carbocycles. The van der Waals surface area contributed by atoms with Gasteiger partial charge in [0.2, 0.25) is 5.96 Å². The number of nitrogens with one attached hydrogen (secondary N) is 1. The number of hydrazone groups is 1. The van der Waals surface area contributed by atoms with Crippen LogP contribution in [0, 0.1) is 0 Å². The molecular weight excluding hydrogens is 306 g/mol. The lowest BCUT2D eigenvalue weighted by molar-refractivity contribution is 0.414. The summed E-state index contributed by atoms with van der Waals surface area (Å²) in [6.07, 6.45) is 3.18. The second kappa shape index (κ2) is 8.94. The third kappa shape index (κ3) is 5.45. The molecule has 0 amide bonds. The largest absolute Gasteiger partial charge is 0.497 e. The van der Waals surface area contributed by atoms with E-state index in [9.17, 15) is 0 Å². The summed E-state index contributed by atoms with van der Waals surface area (Å²) in [4.78, 5) is 0. The van der Waals surface area contributed by atoms with E-state index in [4.69, 9.17) is 15.2 Å². The van der Waals surface area contributed by atoms with Crippen LogP contribution in [0.2, 0.25) is 0 Å². The average Bonchev–Trinajstić information content (AvgIpc) is 2.62. The molecule has 0 aliphatic heterocycles. The van der Waals surface area contributed by atoms with Gasteiger partial charge in [-0.3, -0.25) is 0 Å². The quantitative estimate of drug-likeness (QED) is 0.482. The predicted molar refractivity (Wildman–Crippen MR) is 95.9 cm³/mol. The molecular formula is C17H19N5O2. The van der Waals surface area contributed by atoms with Crippen LogP contribution < -0.4 is 20.6 Å². The Bertz CT molecular complexity index is 756. The number of rotatable bonds is 6. The number of hydrogen-bond donors (Lipinski definition) is 2. The number of benzene rings is 2. The molecule has 0 aliphatic carbocycles. The van der Waals surface area contributed by atoms with Crippen molar-refractivity contribution in [3.8, 4) is 11.5 Å². The van der Waals surface area contributed by atoms with E-state index < -0.39 is 0 Å². The molecule has 7 nitrogen and oxygen atoms in total. The number of guanidine groups is 1. The van der Waals surface area contributed by atoms with Crippen LogP contribution in [0.5, 0.6) is 11.5 Å². The molecule has 24 heavy (non-hydrogen) atoms. The first-order chi connectivity index (χ1) is 11.7. The van der Waals surface area contributed by atoms with Gasteiger partial charge in [-0.2, -0.15) is 10.2 Å². The first-order valence-corrected chi connectivity index (χ1v) is 7.15. The number of nitrogens with zero attached hydrogens (tertiary/aromatic N) is 3. The highest BCUT2D eigenvalue weighted by atomic mass is 16.5. The molecule has 3 N–H and O–H groups in total. The minimum atomic E-state index is 0.0771. The molecule has 0 fully saturated rings. The molecule has 0 radical (unpaired) electrons. The molecule has 0 aromatic heterocycles. The maximum Gasteiger partial charge on any atom is 0.234 e. The van der Waals surface area contributed by atoms with Gasteiger partial charge in [0.25, 0.3) is 0 Å². The van der Waals surface area contributed by atoms with Crippen LogP contribution in [0.3, 0.4) is 0 Å². The maximum absolute atomic E-state index is 5.68. The van der Waals surface area contributed by atoms with Crippen LogP contribution in [0.15, 0.2) is 63.8 Å². The minimum Gasteiger partial charge on any atom is -0.497 e.